The van der Waals surface area contributed by atoms with Gasteiger partial charge in [-0.2, -0.15) is 0 Å². The largest absolute Gasteiger partial charge is 0.380 e. The number of nitrogens with one attached hydrogen (secondary N) is 2. The molecule has 170 valence electrons. The van der Waals surface area contributed by atoms with Crippen molar-refractivity contribution in [3.05, 3.63) is 89.2 Å². The molecule has 0 unspecified atom stereocenters. The van der Waals surface area contributed by atoms with Crippen molar-refractivity contribution in [3.8, 4) is 11.1 Å². The Morgan fingerprint density at radius 3 is 2.52 bits per heavy atom. The number of methoxy groups -OCH3 is 1. The number of carbonyl (C=O) groups is 2. The number of benzene rings is 2. The molecule has 6 heteroatoms. The third-order valence-electron chi connectivity index (χ3n) is 6.00. The van der Waals surface area contributed by atoms with E-state index in [4.69, 9.17) is 4.74 Å². The summed E-state index contributed by atoms with van der Waals surface area (Å²) in [5.74, 6) is -0.228. The number of rotatable bonds is 8. The highest BCUT2D eigenvalue weighted by Gasteiger charge is 2.18. The van der Waals surface area contributed by atoms with Crippen LogP contribution >= 0.6 is 0 Å². The normalized spacial score (nSPS) is 13.6. The zero-order chi connectivity index (χ0) is 23.0. The van der Waals surface area contributed by atoms with E-state index in [2.05, 4.69) is 15.6 Å². The summed E-state index contributed by atoms with van der Waals surface area (Å²) in [5, 5.41) is 6.09. The number of hydrogen-bond donors (Lipinski definition) is 2. The van der Waals surface area contributed by atoms with Gasteiger partial charge in [0.15, 0.2) is 0 Å². The molecule has 1 heterocycles. The number of amides is 2. The highest BCUT2D eigenvalue weighted by atomic mass is 16.5. The van der Waals surface area contributed by atoms with Crippen molar-refractivity contribution in [2.24, 2.45) is 0 Å². The SMILES string of the molecule is COCc1cc(-c2ccncc2)ccc1C(=O)NCc1cccc(C(=O)NC2CCCC2)c1. The average molecular weight is 444 g/mol. The van der Waals surface area contributed by atoms with E-state index in [1.165, 1.54) is 12.8 Å². The number of pyridine rings is 1. The van der Waals surface area contributed by atoms with Crippen LogP contribution in [0.1, 0.15) is 57.5 Å². The van der Waals surface area contributed by atoms with Crippen molar-refractivity contribution in [1.82, 2.24) is 15.6 Å². The molecule has 0 atom stereocenters. The standard InChI is InChI=1S/C27H29N3O3/c1-33-18-23-16-21(20-11-13-28-14-12-20)9-10-25(23)27(32)29-17-19-5-4-6-22(15-19)26(31)30-24-7-2-3-8-24/h4-6,9-16,24H,2-3,7-8,17-18H2,1H3,(H,29,32)(H,30,31). The second kappa shape index (κ2) is 10.9. The van der Waals surface area contributed by atoms with Crippen molar-refractivity contribution >= 4 is 11.8 Å². The Kier molecular flexibility index (Phi) is 7.47. The molecule has 2 amide bonds. The van der Waals surface area contributed by atoms with E-state index < -0.39 is 0 Å². The van der Waals surface area contributed by atoms with Gasteiger partial charge in [0.2, 0.25) is 0 Å². The van der Waals surface area contributed by atoms with Crippen molar-refractivity contribution in [2.75, 3.05) is 7.11 Å². The molecule has 6 nitrogen and oxygen atoms in total. The summed E-state index contributed by atoms with van der Waals surface area (Å²) in [7, 11) is 1.61. The van der Waals surface area contributed by atoms with Gasteiger partial charge >= 0.3 is 0 Å². The number of aromatic nitrogens is 1. The van der Waals surface area contributed by atoms with E-state index in [1.54, 1.807) is 19.5 Å². The third-order valence-corrected chi connectivity index (χ3v) is 6.00. The fourth-order valence-electron chi connectivity index (χ4n) is 4.25. The quantitative estimate of drug-likeness (QED) is 0.537. The molecule has 4 rings (SSSR count). The van der Waals surface area contributed by atoms with Gasteiger partial charge in [0, 0.05) is 43.2 Å². The summed E-state index contributed by atoms with van der Waals surface area (Å²) < 4.78 is 5.33. The zero-order valence-corrected chi connectivity index (χ0v) is 18.8. The first-order valence-corrected chi connectivity index (χ1v) is 11.3. The van der Waals surface area contributed by atoms with Crippen LogP contribution in [0.4, 0.5) is 0 Å². The highest BCUT2D eigenvalue weighted by molar-refractivity contribution is 5.96. The fraction of sp³-hybridized carbons (Fsp3) is 0.296. The molecular formula is C27H29N3O3. The lowest BCUT2D eigenvalue weighted by molar-refractivity contribution is 0.0934. The highest BCUT2D eigenvalue weighted by Crippen LogP contribution is 2.23. The first-order valence-electron chi connectivity index (χ1n) is 11.3. The lowest BCUT2D eigenvalue weighted by Gasteiger charge is -2.14. The summed E-state index contributed by atoms with van der Waals surface area (Å²) in [6, 6.07) is 17.3. The Morgan fingerprint density at radius 1 is 0.970 bits per heavy atom. The summed E-state index contributed by atoms with van der Waals surface area (Å²) in [5.41, 5.74) is 4.92. The lowest BCUT2D eigenvalue weighted by Crippen LogP contribution is -2.32. The first kappa shape index (κ1) is 22.7. The topological polar surface area (TPSA) is 80.3 Å². The van der Waals surface area contributed by atoms with Gasteiger partial charge in [0.05, 0.1) is 6.61 Å². The summed E-state index contributed by atoms with van der Waals surface area (Å²) in [4.78, 5) is 29.6. The van der Waals surface area contributed by atoms with E-state index in [-0.39, 0.29) is 17.9 Å². The second-order valence-corrected chi connectivity index (χ2v) is 8.38. The van der Waals surface area contributed by atoms with Gasteiger partial charge in [0.25, 0.3) is 11.8 Å². The molecule has 1 aliphatic rings. The van der Waals surface area contributed by atoms with Crippen molar-refractivity contribution in [2.45, 2.75) is 44.9 Å². The molecule has 33 heavy (non-hydrogen) atoms. The van der Waals surface area contributed by atoms with Gasteiger partial charge in [-0.15, -0.1) is 0 Å². The molecule has 3 aromatic rings. The van der Waals surface area contributed by atoms with Gasteiger partial charge in [-0.05, 0) is 71.5 Å². The van der Waals surface area contributed by atoms with Crippen molar-refractivity contribution in [1.29, 1.82) is 0 Å². The molecule has 2 aromatic carbocycles. The Morgan fingerprint density at radius 2 is 1.76 bits per heavy atom. The zero-order valence-electron chi connectivity index (χ0n) is 18.8. The number of nitrogens with zero attached hydrogens (tertiary/aromatic N) is 1. The van der Waals surface area contributed by atoms with Crippen molar-refractivity contribution in [3.63, 3.8) is 0 Å². The Balaban J connectivity index is 1.43. The predicted molar refractivity (Wildman–Crippen MR) is 128 cm³/mol. The molecule has 0 radical (unpaired) electrons. The molecule has 2 N–H and O–H groups in total. The van der Waals surface area contributed by atoms with Gasteiger partial charge < -0.3 is 15.4 Å². The molecule has 1 saturated carbocycles. The maximum absolute atomic E-state index is 13.0. The van der Waals surface area contributed by atoms with Crippen LogP contribution in [-0.4, -0.2) is 29.9 Å². The van der Waals surface area contributed by atoms with E-state index in [1.807, 2.05) is 54.6 Å². The maximum Gasteiger partial charge on any atom is 0.251 e. The second-order valence-electron chi connectivity index (χ2n) is 8.38. The van der Waals surface area contributed by atoms with E-state index in [9.17, 15) is 9.59 Å². The summed E-state index contributed by atoms with van der Waals surface area (Å²) >= 11 is 0. The molecule has 0 saturated heterocycles. The first-order chi connectivity index (χ1) is 16.1. The van der Waals surface area contributed by atoms with Crippen LogP contribution in [0, 0.1) is 0 Å². The van der Waals surface area contributed by atoms with Gasteiger partial charge in [-0.3, -0.25) is 14.6 Å². The molecular weight excluding hydrogens is 414 g/mol. The molecule has 0 bridgehead atoms. The van der Waals surface area contributed by atoms with Crippen molar-refractivity contribution < 1.29 is 14.3 Å². The van der Waals surface area contributed by atoms with E-state index >= 15 is 0 Å². The number of hydrogen-bond acceptors (Lipinski definition) is 4. The van der Waals surface area contributed by atoms with Crippen LogP contribution in [0.25, 0.3) is 11.1 Å². The predicted octanol–water partition coefficient (Wildman–Crippen LogP) is 4.50. The smallest absolute Gasteiger partial charge is 0.251 e. The van der Waals surface area contributed by atoms with Gasteiger partial charge in [-0.25, -0.2) is 0 Å². The average Bonchev–Trinajstić information content (AvgIpc) is 3.36. The minimum Gasteiger partial charge on any atom is -0.380 e. The van der Waals surface area contributed by atoms with Crippen LogP contribution in [0.3, 0.4) is 0 Å². The molecule has 1 fully saturated rings. The number of carbonyl (C=O) groups excluding carboxylic acids is 2. The Labute approximate surface area is 194 Å². The minimum atomic E-state index is -0.177. The summed E-state index contributed by atoms with van der Waals surface area (Å²) in [6.07, 6.45) is 7.93. The summed E-state index contributed by atoms with van der Waals surface area (Å²) in [6.45, 7) is 0.667. The monoisotopic (exact) mass is 443 g/mol. The fourth-order valence-corrected chi connectivity index (χ4v) is 4.25. The third kappa shape index (κ3) is 5.84. The Hall–Kier alpha value is -3.51. The van der Waals surface area contributed by atoms with Crippen LogP contribution in [-0.2, 0) is 17.9 Å². The molecule has 0 spiro atoms. The lowest BCUT2D eigenvalue weighted by atomic mass is 9.99. The van der Waals surface area contributed by atoms with Gasteiger partial charge in [-0.1, -0.05) is 31.0 Å². The minimum absolute atomic E-state index is 0.0517. The van der Waals surface area contributed by atoms with E-state index in [0.717, 1.165) is 35.1 Å². The number of ether oxygens (including phenoxy) is 1. The Bertz CT molecular complexity index is 1110. The van der Waals surface area contributed by atoms with E-state index in [0.29, 0.717) is 24.3 Å². The molecule has 1 aliphatic carbocycles. The van der Waals surface area contributed by atoms with Crippen LogP contribution < -0.4 is 10.6 Å². The van der Waals surface area contributed by atoms with Gasteiger partial charge in [0.1, 0.15) is 0 Å². The molecule has 1 aromatic heterocycles. The molecule has 0 aliphatic heterocycles. The van der Waals surface area contributed by atoms with Crippen LogP contribution in [0.5, 0.6) is 0 Å². The maximum atomic E-state index is 13.0. The van der Waals surface area contributed by atoms with Crippen LogP contribution in [0.15, 0.2) is 67.0 Å². The van der Waals surface area contributed by atoms with Crippen LogP contribution in [0.2, 0.25) is 0 Å².